The Bertz CT molecular complexity index is 3410. The molecule has 4 heteroatoms. The third-order valence-electron chi connectivity index (χ3n) is 12.2. The lowest BCUT2D eigenvalue weighted by Gasteiger charge is -2.24. The molecule has 11 aromatic rings. The van der Waals surface area contributed by atoms with E-state index in [9.17, 15) is 0 Å². The van der Waals surface area contributed by atoms with Crippen molar-refractivity contribution in [1.29, 1.82) is 0 Å². The molecule has 0 aliphatic heterocycles. The highest BCUT2D eigenvalue weighted by Crippen LogP contribution is 2.58. The van der Waals surface area contributed by atoms with Gasteiger partial charge in [-0.25, -0.2) is 9.97 Å². The standard InChI is InChI=1S/C53H36N4/c1-53(2)41-27-15-12-24-37(41)47-48(53)51-46(39-26-14-16-28-43(39)56(51)35-22-10-5-11-23-35)45-38-25-13-17-29-44(38)57(50(45)47)36-30-31-42-40(32-36)49(33-18-6-3-7-19-33)55-52(54-42)34-20-8-4-9-21-34/h3-32H,1-2H3. The van der Waals surface area contributed by atoms with Gasteiger partial charge in [-0.3, -0.25) is 0 Å². The van der Waals surface area contributed by atoms with Crippen molar-refractivity contribution in [3.05, 3.63) is 193 Å². The van der Waals surface area contributed by atoms with Gasteiger partial charge in [-0.2, -0.15) is 0 Å². The van der Waals surface area contributed by atoms with Crippen LogP contribution in [0, 0.1) is 0 Å². The van der Waals surface area contributed by atoms with Gasteiger partial charge in [0.2, 0.25) is 0 Å². The molecule has 0 atom stereocenters. The first-order chi connectivity index (χ1) is 28.1. The zero-order valence-electron chi connectivity index (χ0n) is 31.6. The number of nitrogens with zero attached hydrogens (tertiary/aromatic N) is 4. The molecule has 0 unspecified atom stereocenters. The predicted octanol–water partition coefficient (Wildman–Crippen LogP) is 13.5. The number of hydrogen-bond acceptors (Lipinski definition) is 2. The lowest BCUT2D eigenvalue weighted by molar-refractivity contribution is 0.664. The Morgan fingerprint density at radius 1 is 0.456 bits per heavy atom. The zero-order valence-corrected chi connectivity index (χ0v) is 31.6. The summed E-state index contributed by atoms with van der Waals surface area (Å²) in [6, 6.07) is 65.4. The van der Waals surface area contributed by atoms with Crippen molar-refractivity contribution >= 4 is 54.5 Å². The van der Waals surface area contributed by atoms with Crippen LogP contribution in [0.15, 0.2) is 182 Å². The van der Waals surface area contributed by atoms with Crippen molar-refractivity contribution in [2.75, 3.05) is 0 Å². The van der Waals surface area contributed by atoms with E-state index in [2.05, 4.69) is 187 Å². The topological polar surface area (TPSA) is 35.6 Å². The molecule has 0 saturated carbocycles. The normalized spacial score (nSPS) is 13.2. The molecule has 1 aliphatic carbocycles. The maximum Gasteiger partial charge on any atom is 0.160 e. The fourth-order valence-corrected chi connectivity index (χ4v) is 9.85. The molecule has 0 fully saturated rings. The summed E-state index contributed by atoms with van der Waals surface area (Å²) in [5.41, 5.74) is 16.1. The molecule has 0 N–H and O–H groups in total. The van der Waals surface area contributed by atoms with Crippen LogP contribution in [0.4, 0.5) is 0 Å². The van der Waals surface area contributed by atoms with Crippen LogP contribution in [0.25, 0.3) is 99.7 Å². The number of para-hydroxylation sites is 3. The van der Waals surface area contributed by atoms with E-state index in [4.69, 9.17) is 9.97 Å². The third kappa shape index (κ3) is 4.44. The Morgan fingerprint density at radius 2 is 1.02 bits per heavy atom. The molecule has 0 bridgehead atoms. The Morgan fingerprint density at radius 3 is 1.72 bits per heavy atom. The predicted molar refractivity (Wildman–Crippen MR) is 237 cm³/mol. The first-order valence-corrected chi connectivity index (χ1v) is 19.7. The molecule has 0 saturated heterocycles. The highest BCUT2D eigenvalue weighted by Gasteiger charge is 2.41. The van der Waals surface area contributed by atoms with Gasteiger partial charge >= 0.3 is 0 Å². The van der Waals surface area contributed by atoms with E-state index < -0.39 is 0 Å². The van der Waals surface area contributed by atoms with Crippen LogP contribution in [0.5, 0.6) is 0 Å². The number of aromatic nitrogens is 4. The summed E-state index contributed by atoms with van der Waals surface area (Å²) in [6.07, 6.45) is 0. The largest absolute Gasteiger partial charge is 0.309 e. The minimum atomic E-state index is -0.272. The van der Waals surface area contributed by atoms with Crippen molar-refractivity contribution in [1.82, 2.24) is 19.1 Å². The molecule has 57 heavy (non-hydrogen) atoms. The van der Waals surface area contributed by atoms with Crippen molar-refractivity contribution in [2.45, 2.75) is 19.3 Å². The third-order valence-corrected chi connectivity index (χ3v) is 12.2. The van der Waals surface area contributed by atoms with Crippen LogP contribution in [-0.4, -0.2) is 19.1 Å². The van der Waals surface area contributed by atoms with Crippen molar-refractivity contribution in [2.24, 2.45) is 0 Å². The number of fused-ring (bicyclic) bond motifs is 13. The molecule has 0 radical (unpaired) electrons. The van der Waals surface area contributed by atoms with Crippen LogP contribution in [0.3, 0.4) is 0 Å². The maximum absolute atomic E-state index is 5.28. The van der Waals surface area contributed by atoms with Gasteiger partial charge in [0.05, 0.1) is 33.3 Å². The molecule has 4 nitrogen and oxygen atoms in total. The van der Waals surface area contributed by atoms with Crippen LogP contribution in [0.1, 0.15) is 25.0 Å². The first-order valence-electron chi connectivity index (χ1n) is 19.7. The van der Waals surface area contributed by atoms with Crippen LogP contribution in [0.2, 0.25) is 0 Å². The summed E-state index contributed by atoms with van der Waals surface area (Å²) >= 11 is 0. The van der Waals surface area contributed by atoms with Crippen molar-refractivity contribution in [3.63, 3.8) is 0 Å². The van der Waals surface area contributed by atoms with Gasteiger partial charge in [0, 0.05) is 60.4 Å². The number of rotatable bonds is 4. The van der Waals surface area contributed by atoms with Crippen LogP contribution < -0.4 is 0 Å². The van der Waals surface area contributed by atoms with Gasteiger partial charge in [0.15, 0.2) is 5.82 Å². The smallest absolute Gasteiger partial charge is 0.160 e. The Hall–Kier alpha value is -7.30. The molecule has 3 aromatic heterocycles. The molecule has 3 heterocycles. The quantitative estimate of drug-likeness (QED) is 0.181. The average molecular weight is 729 g/mol. The van der Waals surface area contributed by atoms with Gasteiger partial charge in [-0.15, -0.1) is 0 Å². The summed E-state index contributed by atoms with van der Waals surface area (Å²) in [5.74, 6) is 0.723. The van der Waals surface area contributed by atoms with Crippen LogP contribution >= 0.6 is 0 Å². The molecular weight excluding hydrogens is 693 g/mol. The van der Waals surface area contributed by atoms with Gasteiger partial charge in [0.25, 0.3) is 0 Å². The fraction of sp³-hybridized carbons (Fsp3) is 0.0566. The molecule has 0 spiro atoms. The van der Waals surface area contributed by atoms with E-state index in [0.29, 0.717) is 0 Å². The van der Waals surface area contributed by atoms with Gasteiger partial charge in [0.1, 0.15) is 0 Å². The number of hydrogen-bond donors (Lipinski definition) is 0. The second-order valence-electron chi connectivity index (χ2n) is 15.7. The van der Waals surface area contributed by atoms with Gasteiger partial charge < -0.3 is 9.13 Å². The zero-order chi connectivity index (χ0) is 37.8. The summed E-state index contributed by atoms with van der Waals surface area (Å²) in [5, 5.41) is 6.07. The van der Waals surface area contributed by atoms with Gasteiger partial charge in [-0.05, 0) is 59.2 Å². The van der Waals surface area contributed by atoms with Gasteiger partial charge in [-0.1, -0.05) is 153 Å². The van der Waals surface area contributed by atoms with E-state index >= 15 is 0 Å². The SMILES string of the molecule is CC1(C)c2ccccc2-c2c1c1c(c3ccccc3n1-c1ccccc1)c1c3ccccc3n(-c3ccc4nc(-c5ccccc5)nc(-c5ccccc5)c4c3)c21. The highest BCUT2D eigenvalue weighted by molar-refractivity contribution is 6.33. The summed E-state index contributed by atoms with van der Waals surface area (Å²) in [7, 11) is 0. The minimum absolute atomic E-state index is 0.272. The molecule has 12 rings (SSSR count). The maximum atomic E-state index is 5.28. The second-order valence-corrected chi connectivity index (χ2v) is 15.7. The van der Waals surface area contributed by atoms with Crippen molar-refractivity contribution < 1.29 is 0 Å². The monoisotopic (exact) mass is 728 g/mol. The molecule has 8 aromatic carbocycles. The molecular formula is C53H36N4. The fourth-order valence-electron chi connectivity index (χ4n) is 9.85. The summed E-state index contributed by atoms with van der Waals surface area (Å²) in [6.45, 7) is 4.82. The second kappa shape index (κ2) is 11.8. The minimum Gasteiger partial charge on any atom is -0.309 e. The van der Waals surface area contributed by atoms with Crippen LogP contribution in [-0.2, 0) is 5.41 Å². The Kier molecular flexibility index (Phi) is 6.65. The summed E-state index contributed by atoms with van der Waals surface area (Å²) < 4.78 is 5.04. The average Bonchev–Trinajstić information content (AvgIpc) is 3.87. The van der Waals surface area contributed by atoms with Crippen molar-refractivity contribution in [3.8, 4) is 45.1 Å². The Labute approximate surface area is 329 Å². The van der Waals surface area contributed by atoms with E-state index in [1.807, 2.05) is 18.2 Å². The molecule has 1 aliphatic rings. The summed E-state index contributed by atoms with van der Waals surface area (Å²) in [4.78, 5) is 10.4. The Balaban J connectivity index is 1.28. The lowest BCUT2D eigenvalue weighted by Crippen LogP contribution is -2.16. The molecule has 268 valence electrons. The van der Waals surface area contributed by atoms with E-state index in [1.54, 1.807) is 0 Å². The van der Waals surface area contributed by atoms with E-state index in [-0.39, 0.29) is 5.41 Å². The van der Waals surface area contributed by atoms with E-state index in [0.717, 1.165) is 39.2 Å². The lowest BCUT2D eigenvalue weighted by atomic mass is 9.81. The first kappa shape index (κ1) is 32.0. The molecule has 0 amide bonds. The highest BCUT2D eigenvalue weighted by atomic mass is 15.0. The number of benzene rings is 8. The van der Waals surface area contributed by atoms with E-state index in [1.165, 1.54) is 71.6 Å².